The van der Waals surface area contributed by atoms with E-state index in [1.165, 1.54) is 11.1 Å². The van der Waals surface area contributed by atoms with Gasteiger partial charge in [0.15, 0.2) is 0 Å². The van der Waals surface area contributed by atoms with Crippen molar-refractivity contribution in [1.29, 1.82) is 0 Å². The first-order chi connectivity index (χ1) is 9.12. The summed E-state index contributed by atoms with van der Waals surface area (Å²) in [6, 6.07) is 10.3. The molecular weight excluding hydrogens is 236 g/mol. The van der Waals surface area contributed by atoms with E-state index in [4.69, 9.17) is 10.5 Å². The first kappa shape index (κ1) is 14.3. The molecule has 0 saturated carbocycles. The molecule has 0 spiro atoms. The van der Waals surface area contributed by atoms with Crippen LogP contribution in [0.2, 0.25) is 0 Å². The second-order valence-corrected chi connectivity index (χ2v) is 5.56. The van der Waals surface area contributed by atoms with Crippen molar-refractivity contribution in [2.45, 2.75) is 18.9 Å². The number of benzene rings is 1. The van der Waals surface area contributed by atoms with Crippen molar-refractivity contribution in [2.24, 2.45) is 5.73 Å². The lowest BCUT2D eigenvalue weighted by atomic mass is 9.92. The van der Waals surface area contributed by atoms with Crippen LogP contribution in [0.5, 0.6) is 0 Å². The third-order valence-corrected chi connectivity index (χ3v) is 3.70. The number of nitrogens with two attached hydrogens (primary N) is 1. The summed E-state index contributed by atoms with van der Waals surface area (Å²) in [6.45, 7) is 5.78. The lowest BCUT2D eigenvalue weighted by molar-refractivity contribution is 0.199. The Kier molecular flexibility index (Phi) is 4.75. The maximum atomic E-state index is 6.48. The Morgan fingerprint density at radius 1 is 1.32 bits per heavy atom. The molecule has 0 saturated heterocycles. The molecule has 1 heterocycles. The second-order valence-electron chi connectivity index (χ2n) is 5.56. The Hall–Kier alpha value is -1.16. The van der Waals surface area contributed by atoms with E-state index in [1.54, 1.807) is 7.11 Å². The smallest absolute Gasteiger partial charge is 0.0673 e. The van der Waals surface area contributed by atoms with Crippen LogP contribution in [-0.2, 0) is 10.3 Å². The van der Waals surface area contributed by atoms with Crippen molar-refractivity contribution >= 4 is 0 Å². The van der Waals surface area contributed by atoms with E-state index >= 15 is 0 Å². The first-order valence-electron chi connectivity index (χ1n) is 6.85. The highest BCUT2D eigenvalue weighted by atomic mass is 16.5. The van der Waals surface area contributed by atoms with Gasteiger partial charge in [-0.2, -0.15) is 0 Å². The number of methoxy groups -OCH3 is 1. The number of ether oxygens (including phenoxy) is 1. The normalized spacial score (nSPS) is 19.8. The summed E-state index contributed by atoms with van der Waals surface area (Å²) >= 11 is 0. The molecule has 3 nitrogen and oxygen atoms in total. The second kappa shape index (κ2) is 6.33. The highest BCUT2D eigenvalue weighted by Gasteiger charge is 2.25. The Morgan fingerprint density at radius 2 is 2.05 bits per heavy atom. The highest BCUT2D eigenvalue weighted by molar-refractivity contribution is 5.23. The molecule has 0 radical (unpaired) electrons. The zero-order chi connectivity index (χ0) is 13.7. The Bertz CT molecular complexity index is 426. The summed E-state index contributed by atoms with van der Waals surface area (Å²) in [7, 11) is 1.75. The van der Waals surface area contributed by atoms with Crippen molar-refractivity contribution in [2.75, 3.05) is 33.4 Å². The van der Waals surface area contributed by atoms with E-state index in [-0.39, 0.29) is 5.54 Å². The van der Waals surface area contributed by atoms with E-state index < -0.39 is 0 Å². The van der Waals surface area contributed by atoms with E-state index in [9.17, 15) is 0 Å². The van der Waals surface area contributed by atoms with Crippen LogP contribution in [0.25, 0.3) is 0 Å². The van der Waals surface area contributed by atoms with Crippen LogP contribution in [0.15, 0.2) is 42.0 Å². The molecule has 19 heavy (non-hydrogen) atoms. The van der Waals surface area contributed by atoms with Crippen LogP contribution in [0, 0.1) is 0 Å². The van der Waals surface area contributed by atoms with Crippen molar-refractivity contribution < 1.29 is 4.74 Å². The summed E-state index contributed by atoms with van der Waals surface area (Å²) in [5.41, 5.74) is 8.77. The van der Waals surface area contributed by atoms with Gasteiger partial charge < -0.3 is 10.5 Å². The quantitative estimate of drug-likeness (QED) is 0.824. The fourth-order valence-corrected chi connectivity index (χ4v) is 2.59. The third-order valence-electron chi connectivity index (χ3n) is 3.70. The first-order valence-corrected chi connectivity index (χ1v) is 6.85. The predicted molar refractivity (Wildman–Crippen MR) is 79.0 cm³/mol. The molecule has 0 amide bonds. The number of hydrogen-bond acceptors (Lipinski definition) is 3. The van der Waals surface area contributed by atoms with Crippen molar-refractivity contribution in [1.82, 2.24) is 4.90 Å². The third kappa shape index (κ3) is 3.90. The summed E-state index contributed by atoms with van der Waals surface area (Å²) in [5, 5.41) is 0. The van der Waals surface area contributed by atoms with Gasteiger partial charge in [-0.3, -0.25) is 4.90 Å². The largest absolute Gasteiger partial charge is 0.380 e. The van der Waals surface area contributed by atoms with Crippen LogP contribution in [0.3, 0.4) is 0 Å². The van der Waals surface area contributed by atoms with Gasteiger partial charge in [-0.25, -0.2) is 0 Å². The number of rotatable bonds is 5. The maximum absolute atomic E-state index is 6.48. The van der Waals surface area contributed by atoms with E-state index in [0.717, 1.165) is 32.7 Å². The summed E-state index contributed by atoms with van der Waals surface area (Å²) in [5.74, 6) is 0. The van der Waals surface area contributed by atoms with Crippen molar-refractivity contribution in [3.63, 3.8) is 0 Å². The molecule has 1 unspecified atom stereocenters. The number of hydrogen-bond donors (Lipinski definition) is 1. The molecule has 1 aliphatic rings. The zero-order valence-corrected chi connectivity index (χ0v) is 11.9. The molecule has 0 aromatic heterocycles. The molecule has 1 aliphatic heterocycles. The summed E-state index contributed by atoms with van der Waals surface area (Å²) in [6.07, 6.45) is 3.35. The minimum Gasteiger partial charge on any atom is -0.380 e. The zero-order valence-electron chi connectivity index (χ0n) is 11.9. The lowest BCUT2D eigenvalue weighted by Crippen LogP contribution is -2.46. The predicted octanol–water partition coefficient (Wildman–Crippen LogP) is 2.14. The van der Waals surface area contributed by atoms with Gasteiger partial charge in [-0.15, -0.1) is 0 Å². The van der Waals surface area contributed by atoms with Gasteiger partial charge in [-0.05, 0) is 24.5 Å². The fraction of sp³-hybridized carbons (Fsp3) is 0.500. The van der Waals surface area contributed by atoms with Crippen LogP contribution in [0.1, 0.15) is 18.9 Å². The van der Waals surface area contributed by atoms with Gasteiger partial charge in [0.05, 0.1) is 12.1 Å². The molecule has 0 fully saturated rings. The molecule has 1 aromatic rings. The molecule has 1 atom stereocenters. The molecule has 0 bridgehead atoms. The average molecular weight is 260 g/mol. The van der Waals surface area contributed by atoms with Gasteiger partial charge in [0, 0.05) is 26.7 Å². The van der Waals surface area contributed by atoms with E-state index in [1.807, 2.05) is 18.2 Å². The Labute approximate surface area is 116 Å². The molecule has 2 N–H and O–H groups in total. The molecule has 104 valence electrons. The monoisotopic (exact) mass is 260 g/mol. The maximum Gasteiger partial charge on any atom is 0.0673 e. The van der Waals surface area contributed by atoms with Crippen LogP contribution >= 0.6 is 0 Å². The SMILES string of the molecule is COCC1=CCN(CC(C)(N)c2ccccc2)CC1. The Balaban J connectivity index is 1.95. The Morgan fingerprint density at radius 3 is 2.63 bits per heavy atom. The molecule has 3 heteroatoms. The van der Waals surface area contributed by atoms with Crippen LogP contribution < -0.4 is 5.73 Å². The van der Waals surface area contributed by atoms with Gasteiger partial charge in [0.2, 0.25) is 0 Å². The average Bonchev–Trinajstić information content (AvgIpc) is 2.42. The minimum absolute atomic E-state index is 0.298. The van der Waals surface area contributed by atoms with E-state index in [0.29, 0.717) is 0 Å². The summed E-state index contributed by atoms with van der Waals surface area (Å²) < 4.78 is 5.18. The standard InChI is InChI=1S/C16H24N2O/c1-16(17,15-6-4-3-5-7-15)13-18-10-8-14(9-11-18)12-19-2/h3-8H,9-13,17H2,1-2H3. The lowest BCUT2D eigenvalue weighted by Gasteiger charge is -2.34. The van der Waals surface area contributed by atoms with Gasteiger partial charge in [-0.1, -0.05) is 36.4 Å². The fourth-order valence-electron chi connectivity index (χ4n) is 2.59. The van der Waals surface area contributed by atoms with Crippen molar-refractivity contribution in [3.8, 4) is 0 Å². The van der Waals surface area contributed by atoms with E-state index in [2.05, 4.69) is 30.0 Å². The van der Waals surface area contributed by atoms with Gasteiger partial charge in [0.25, 0.3) is 0 Å². The van der Waals surface area contributed by atoms with Crippen LogP contribution in [-0.4, -0.2) is 38.3 Å². The molecule has 2 rings (SSSR count). The molecule has 1 aromatic carbocycles. The van der Waals surface area contributed by atoms with Gasteiger partial charge in [0.1, 0.15) is 0 Å². The highest BCUT2D eigenvalue weighted by Crippen LogP contribution is 2.21. The van der Waals surface area contributed by atoms with Crippen molar-refractivity contribution in [3.05, 3.63) is 47.5 Å². The van der Waals surface area contributed by atoms with Crippen LogP contribution in [0.4, 0.5) is 0 Å². The van der Waals surface area contributed by atoms with Gasteiger partial charge >= 0.3 is 0 Å². The topological polar surface area (TPSA) is 38.5 Å². The summed E-state index contributed by atoms with van der Waals surface area (Å²) in [4.78, 5) is 2.41. The molecule has 0 aliphatic carbocycles. The molecular formula is C16H24N2O. The minimum atomic E-state index is -0.298. The number of nitrogens with zero attached hydrogens (tertiary/aromatic N) is 1.